The van der Waals surface area contributed by atoms with Gasteiger partial charge in [-0.15, -0.1) is 0 Å². The Hall–Kier alpha value is -2.44. The van der Waals surface area contributed by atoms with Crippen LogP contribution in [0.1, 0.15) is 5.69 Å². The maximum absolute atomic E-state index is 13.7. The summed E-state index contributed by atoms with van der Waals surface area (Å²) in [5.74, 6) is -1.80. The van der Waals surface area contributed by atoms with Gasteiger partial charge in [0, 0.05) is 7.05 Å². The van der Waals surface area contributed by atoms with Crippen molar-refractivity contribution in [3.8, 4) is 17.3 Å². The summed E-state index contributed by atoms with van der Waals surface area (Å²) in [7, 11) is 1.51. The average Bonchev–Trinajstić information content (AvgIpc) is 2.57. The molecule has 0 fully saturated rings. The molecular formula is C12H10F2N2O3. The minimum Gasteiger partial charge on any atom is -0.449 e. The van der Waals surface area contributed by atoms with Crippen LogP contribution in [-0.2, 0) is 7.05 Å². The number of carbonyl (C=O) groups is 1. The maximum Gasteiger partial charge on any atom is 0.512 e. The molecule has 19 heavy (non-hydrogen) atoms. The monoisotopic (exact) mass is 268 g/mol. The molecule has 0 saturated carbocycles. The van der Waals surface area contributed by atoms with Crippen LogP contribution in [0.25, 0.3) is 11.4 Å². The highest BCUT2D eigenvalue weighted by molar-refractivity contribution is 5.63. The molecule has 0 aliphatic rings. The van der Waals surface area contributed by atoms with E-state index in [0.29, 0.717) is 5.69 Å². The van der Waals surface area contributed by atoms with Crippen molar-refractivity contribution < 1.29 is 23.4 Å². The zero-order chi connectivity index (χ0) is 14.2. The van der Waals surface area contributed by atoms with Crippen molar-refractivity contribution >= 4 is 6.16 Å². The number of nitrogens with zero attached hydrogens (tertiary/aromatic N) is 2. The van der Waals surface area contributed by atoms with Gasteiger partial charge in [-0.05, 0) is 19.1 Å². The molecule has 0 unspecified atom stereocenters. The molecule has 7 heteroatoms. The van der Waals surface area contributed by atoms with Gasteiger partial charge in [0.25, 0.3) is 0 Å². The summed E-state index contributed by atoms with van der Waals surface area (Å²) in [5.41, 5.74) is 0.0217. The minimum absolute atomic E-state index is 0.0376. The zero-order valence-corrected chi connectivity index (χ0v) is 10.1. The first-order valence-electron chi connectivity index (χ1n) is 5.30. The molecule has 0 aliphatic heterocycles. The topological polar surface area (TPSA) is 64.3 Å². The van der Waals surface area contributed by atoms with Crippen molar-refractivity contribution in [2.75, 3.05) is 0 Å². The molecule has 0 radical (unpaired) electrons. The Morgan fingerprint density at radius 2 is 1.95 bits per heavy atom. The number of halogens is 2. The van der Waals surface area contributed by atoms with E-state index in [2.05, 4.69) is 9.72 Å². The summed E-state index contributed by atoms with van der Waals surface area (Å²) in [6, 6.07) is 3.43. The van der Waals surface area contributed by atoms with Gasteiger partial charge in [-0.3, -0.25) is 0 Å². The van der Waals surface area contributed by atoms with Gasteiger partial charge in [-0.1, -0.05) is 6.07 Å². The van der Waals surface area contributed by atoms with Crippen molar-refractivity contribution in [2.24, 2.45) is 7.05 Å². The van der Waals surface area contributed by atoms with Gasteiger partial charge in [0.1, 0.15) is 17.5 Å². The maximum atomic E-state index is 13.7. The first-order valence-corrected chi connectivity index (χ1v) is 5.30. The van der Waals surface area contributed by atoms with Gasteiger partial charge in [-0.2, -0.15) is 4.98 Å². The second kappa shape index (κ2) is 4.68. The molecule has 1 N–H and O–H groups in total. The summed E-state index contributed by atoms with van der Waals surface area (Å²) in [5, 5.41) is 8.55. The lowest BCUT2D eigenvalue weighted by Crippen LogP contribution is -2.04. The minimum atomic E-state index is -1.54. The second-order valence-corrected chi connectivity index (χ2v) is 3.85. The van der Waals surface area contributed by atoms with Gasteiger partial charge < -0.3 is 14.4 Å². The predicted molar refractivity (Wildman–Crippen MR) is 61.9 cm³/mol. The Balaban J connectivity index is 2.61. The zero-order valence-electron chi connectivity index (χ0n) is 10.1. The molecule has 5 nitrogen and oxygen atoms in total. The molecule has 1 aromatic carbocycles. The summed E-state index contributed by atoms with van der Waals surface area (Å²) in [6.07, 6.45) is -1.54. The molecule has 0 amide bonds. The van der Waals surface area contributed by atoms with Gasteiger partial charge in [0.05, 0.1) is 11.3 Å². The number of carboxylic acid groups (broad SMARTS) is 1. The molecule has 1 aromatic heterocycles. The van der Waals surface area contributed by atoms with Gasteiger partial charge in [0.15, 0.2) is 0 Å². The molecule has 1 heterocycles. The van der Waals surface area contributed by atoms with Crippen LogP contribution in [0.2, 0.25) is 0 Å². The van der Waals surface area contributed by atoms with Gasteiger partial charge in [0.2, 0.25) is 5.88 Å². The molecule has 0 spiro atoms. The van der Waals surface area contributed by atoms with Crippen LogP contribution < -0.4 is 4.74 Å². The first kappa shape index (κ1) is 13.0. The summed E-state index contributed by atoms with van der Waals surface area (Å²) in [4.78, 5) is 14.3. The van der Waals surface area contributed by atoms with Crippen LogP contribution in [0.3, 0.4) is 0 Å². The fraction of sp³-hybridized carbons (Fsp3) is 0.167. The normalized spacial score (nSPS) is 10.5. The third-order valence-electron chi connectivity index (χ3n) is 2.71. The van der Waals surface area contributed by atoms with Gasteiger partial charge in [-0.25, -0.2) is 13.6 Å². The Morgan fingerprint density at radius 3 is 2.47 bits per heavy atom. The van der Waals surface area contributed by atoms with E-state index in [0.717, 1.165) is 12.1 Å². The van der Waals surface area contributed by atoms with E-state index in [1.807, 2.05) is 0 Å². The number of ether oxygens (including phenoxy) is 1. The van der Waals surface area contributed by atoms with E-state index >= 15 is 0 Å². The van der Waals surface area contributed by atoms with E-state index in [1.165, 1.54) is 24.6 Å². The molecule has 100 valence electrons. The van der Waals surface area contributed by atoms with Crippen molar-refractivity contribution in [3.05, 3.63) is 35.5 Å². The van der Waals surface area contributed by atoms with Crippen LogP contribution in [0.4, 0.5) is 13.6 Å². The van der Waals surface area contributed by atoms with E-state index in [1.54, 1.807) is 0 Å². The SMILES string of the molecule is Cc1c(OC(=O)O)nc(-c2c(F)cccc2F)n1C. The van der Waals surface area contributed by atoms with E-state index < -0.39 is 17.8 Å². The van der Waals surface area contributed by atoms with Crippen LogP contribution in [-0.4, -0.2) is 20.8 Å². The Kier molecular flexibility index (Phi) is 3.20. The summed E-state index contributed by atoms with van der Waals surface area (Å²) < 4.78 is 33.1. The smallest absolute Gasteiger partial charge is 0.449 e. The molecule has 0 atom stereocenters. The quantitative estimate of drug-likeness (QED) is 0.850. The largest absolute Gasteiger partial charge is 0.512 e. The van der Waals surface area contributed by atoms with E-state index in [9.17, 15) is 13.6 Å². The number of hydrogen-bond donors (Lipinski definition) is 1. The summed E-state index contributed by atoms with van der Waals surface area (Å²) >= 11 is 0. The lowest BCUT2D eigenvalue weighted by Gasteiger charge is -2.05. The lowest BCUT2D eigenvalue weighted by molar-refractivity contribution is 0.142. The number of aromatic nitrogens is 2. The second-order valence-electron chi connectivity index (χ2n) is 3.85. The number of imidazole rings is 1. The van der Waals surface area contributed by atoms with E-state index in [-0.39, 0.29) is 17.3 Å². The standard InChI is InChI=1S/C12H10F2N2O3/c1-6-11(19-12(17)18)15-10(16(6)2)9-7(13)4-3-5-8(9)14/h3-5H,1-2H3,(H,17,18). The molecular weight excluding hydrogens is 258 g/mol. The molecule has 2 aromatic rings. The Labute approximate surface area is 107 Å². The third-order valence-corrected chi connectivity index (χ3v) is 2.71. The average molecular weight is 268 g/mol. The van der Waals surface area contributed by atoms with Gasteiger partial charge >= 0.3 is 6.16 Å². The van der Waals surface area contributed by atoms with Crippen molar-refractivity contribution in [1.82, 2.24) is 9.55 Å². The van der Waals surface area contributed by atoms with Crippen molar-refractivity contribution in [2.45, 2.75) is 6.92 Å². The summed E-state index contributed by atoms with van der Waals surface area (Å²) in [6.45, 7) is 1.54. The highest BCUT2D eigenvalue weighted by Gasteiger charge is 2.21. The molecule has 0 saturated heterocycles. The van der Waals surface area contributed by atoms with Crippen molar-refractivity contribution in [1.29, 1.82) is 0 Å². The van der Waals surface area contributed by atoms with Crippen LogP contribution >= 0.6 is 0 Å². The number of benzene rings is 1. The third kappa shape index (κ3) is 2.26. The fourth-order valence-electron chi connectivity index (χ4n) is 1.67. The highest BCUT2D eigenvalue weighted by atomic mass is 19.1. The lowest BCUT2D eigenvalue weighted by atomic mass is 10.2. The number of rotatable bonds is 2. The highest BCUT2D eigenvalue weighted by Crippen LogP contribution is 2.29. The molecule has 0 bridgehead atoms. The molecule has 0 aliphatic carbocycles. The van der Waals surface area contributed by atoms with Crippen LogP contribution in [0, 0.1) is 18.6 Å². The predicted octanol–water partition coefficient (Wildman–Crippen LogP) is 2.73. The first-order chi connectivity index (χ1) is 8.91. The number of hydrogen-bond acceptors (Lipinski definition) is 3. The Bertz CT molecular complexity index is 632. The van der Waals surface area contributed by atoms with E-state index in [4.69, 9.17) is 5.11 Å². The van der Waals surface area contributed by atoms with Crippen LogP contribution in [0.15, 0.2) is 18.2 Å². The molecule has 2 rings (SSSR count). The van der Waals surface area contributed by atoms with Crippen molar-refractivity contribution in [3.63, 3.8) is 0 Å². The fourth-order valence-corrected chi connectivity index (χ4v) is 1.67. The van der Waals surface area contributed by atoms with Crippen LogP contribution in [0.5, 0.6) is 5.88 Å². The Morgan fingerprint density at radius 1 is 1.37 bits per heavy atom.